The Morgan fingerprint density at radius 1 is 1.22 bits per heavy atom. The van der Waals surface area contributed by atoms with Crippen LogP contribution in [0.2, 0.25) is 0 Å². The Hall–Kier alpha value is -2.23. The maximum absolute atomic E-state index is 10.2. The summed E-state index contributed by atoms with van der Waals surface area (Å²) in [5, 5.41) is 30.9. The molecule has 226 valence electrons. The molecule has 3 saturated heterocycles. The number of benzene rings is 1. The van der Waals surface area contributed by atoms with Crippen molar-refractivity contribution in [3.63, 3.8) is 0 Å². The van der Waals surface area contributed by atoms with Crippen LogP contribution in [-0.4, -0.2) is 83.1 Å². The van der Waals surface area contributed by atoms with Gasteiger partial charge in [-0.3, -0.25) is 5.10 Å². The van der Waals surface area contributed by atoms with Gasteiger partial charge in [0.25, 0.3) is 0 Å². The summed E-state index contributed by atoms with van der Waals surface area (Å²) in [7, 11) is 0. The number of aromatic nitrogens is 2. The molecule has 8 heteroatoms. The third-order valence-corrected chi connectivity index (χ3v) is 9.29. The van der Waals surface area contributed by atoms with Gasteiger partial charge in [0.1, 0.15) is 0 Å². The second-order valence-electron chi connectivity index (χ2n) is 12.9. The van der Waals surface area contributed by atoms with Crippen LogP contribution in [0.5, 0.6) is 5.88 Å². The number of aliphatic hydroxyl groups excluding tert-OH is 2. The van der Waals surface area contributed by atoms with E-state index in [1.165, 1.54) is 68.6 Å². The van der Waals surface area contributed by atoms with E-state index in [4.69, 9.17) is 9.47 Å². The number of hydrogen-bond donors (Lipinski definition) is 4. The Bertz CT molecular complexity index is 1150. The van der Waals surface area contributed by atoms with Crippen molar-refractivity contribution in [3.05, 3.63) is 52.2 Å². The largest absolute Gasteiger partial charge is 0.446 e. The number of nitrogens with one attached hydrogen (secondary N) is 2. The highest BCUT2D eigenvalue weighted by Gasteiger charge is 2.36. The molecular weight excluding hydrogens is 516 g/mol. The molecule has 0 aliphatic carbocycles. The van der Waals surface area contributed by atoms with E-state index in [9.17, 15) is 10.2 Å². The van der Waals surface area contributed by atoms with Gasteiger partial charge in [-0.15, -0.1) is 5.10 Å². The predicted molar refractivity (Wildman–Crippen MR) is 162 cm³/mol. The molecule has 0 radical (unpaired) electrons. The number of piperidine rings is 2. The molecule has 1 aromatic heterocycles. The van der Waals surface area contributed by atoms with Crippen molar-refractivity contribution in [2.75, 3.05) is 39.3 Å². The van der Waals surface area contributed by atoms with E-state index in [1.807, 2.05) is 0 Å². The summed E-state index contributed by atoms with van der Waals surface area (Å²) in [5.74, 6) is 0.766. The molecule has 41 heavy (non-hydrogen) atoms. The summed E-state index contributed by atoms with van der Waals surface area (Å²) >= 11 is 0. The van der Waals surface area contributed by atoms with Crippen LogP contribution in [-0.2, 0) is 11.2 Å². The van der Waals surface area contributed by atoms with Crippen LogP contribution in [0.4, 0.5) is 0 Å². The maximum Gasteiger partial charge on any atom is 0.238 e. The monoisotopic (exact) mass is 566 g/mol. The molecule has 0 amide bonds. The quantitative estimate of drug-likeness (QED) is 0.335. The first-order chi connectivity index (χ1) is 19.8. The smallest absolute Gasteiger partial charge is 0.238 e. The van der Waals surface area contributed by atoms with Crippen molar-refractivity contribution in [2.24, 2.45) is 5.41 Å². The van der Waals surface area contributed by atoms with E-state index in [1.54, 1.807) is 0 Å². The van der Waals surface area contributed by atoms with Crippen LogP contribution in [0.25, 0.3) is 6.08 Å². The van der Waals surface area contributed by atoms with Gasteiger partial charge in [-0.2, -0.15) is 0 Å². The van der Waals surface area contributed by atoms with Crippen molar-refractivity contribution in [2.45, 2.75) is 96.6 Å². The standard InChI is InChI=1S/C33H50N4O4/c1-23(2)31-29(32(36-35-31)41-30-20-27(39)19-28(21-38)40-30)18-26-9-8-25(17-24(26)3)7-4-5-15-37-16-6-10-33(22-37)11-13-34-14-12-33/h4,7-9,17,23,27-28,30,34,38-39H,5-6,10-16,18-22H2,1-3H3,(H,35,36)/b7-4+/t27-,28-,30-/m0/s1. The van der Waals surface area contributed by atoms with E-state index < -0.39 is 18.5 Å². The summed E-state index contributed by atoms with van der Waals surface area (Å²) in [6.45, 7) is 12.3. The summed E-state index contributed by atoms with van der Waals surface area (Å²) < 4.78 is 12.0. The number of rotatable bonds is 10. The van der Waals surface area contributed by atoms with Gasteiger partial charge in [-0.1, -0.05) is 44.2 Å². The molecule has 5 rings (SSSR count). The molecule has 3 fully saturated rings. The molecule has 2 aromatic rings. The zero-order chi connectivity index (χ0) is 28.8. The Balaban J connectivity index is 1.19. The fourth-order valence-corrected chi connectivity index (χ4v) is 6.93. The molecule has 0 saturated carbocycles. The lowest BCUT2D eigenvalue weighted by Crippen LogP contribution is -2.48. The van der Waals surface area contributed by atoms with Gasteiger partial charge < -0.3 is 29.9 Å². The van der Waals surface area contributed by atoms with Gasteiger partial charge in [0.2, 0.25) is 12.2 Å². The third-order valence-electron chi connectivity index (χ3n) is 9.29. The van der Waals surface area contributed by atoms with Crippen LogP contribution in [0.1, 0.15) is 92.7 Å². The van der Waals surface area contributed by atoms with Crippen LogP contribution in [0.15, 0.2) is 24.3 Å². The molecule has 0 unspecified atom stereocenters. The number of nitrogens with zero attached hydrogens (tertiary/aromatic N) is 2. The van der Waals surface area contributed by atoms with Gasteiger partial charge in [0.15, 0.2) is 0 Å². The van der Waals surface area contributed by atoms with Crippen LogP contribution in [0.3, 0.4) is 0 Å². The second-order valence-corrected chi connectivity index (χ2v) is 12.9. The summed E-state index contributed by atoms with van der Waals surface area (Å²) in [5.41, 5.74) is 6.32. The SMILES string of the molecule is Cc1cc(/C=C/CCN2CCCC3(CCNCC3)C2)ccc1Cc1c(O[C@H]2C[C@@H](O)C[C@@H](CO)O2)n[nH]c1C(C)C. The number of ether oxygens (including phenoxy) is 2. The highest BCUT2D eigenvalue weighted by molar-refractivity contribution is 5.52. The number of aliphatic hydroxyl groups is 2. The molecule has 8 nitrogen and oxygen atoms in total. The Kier molecular flexibility index (Phi) is 10.2. The summed E-state index contributed by atoms with van der Waals surface area (Å²) in [4.78, 5) is 2.69. The van der Waals surface area contributed by atoms with Gasteiger partial charge in [0, 0.05) is 43.6 Å². The topological polar surface area (TPSA) is 103 Å². The van der Waals surface area contributed by atoms with E-state index in [-0.39, 0.29) is 12.5 Å². The average Bonchev–Trinajstić information content (AvgIpc) is 3.34. The minimum Gasteiger partial charge on any atom is -0.446 e. The number of H-pyrrole nitrogens is 1. The molecule has 3 aliphatic rings. The van der Waals surface area contributed by atoms with E-state index in [0.29, 0.717) is 30.6 Å². The zero-order valence-electron chi connectivity index (χ0n) is 25.2. The maximum atomic E-state index is 10.2. The van der Waals surface area contributed by atoms with E-state index >= 15 is 0 Å². The number of aryl methyl sites for hydroxylation is 1. The molecule has 0 bridgehead atoms. The lowest BCUT2D eigenvalue weighted by Gasteiger charge is -2.45. The van der Waals surface area contributed by atoms with E-state index in [2.05, 4.69) is 71.5 Å². The van der Waals surface area contributed by atoms with Crippen molar-refractivity contribution < 1.29 is 19.7 Å². The molecular formula is C33H50N4O4. The van der Waals surface area contributed by atoms with Gasteiger partial charge in [-0.25, -0.2) is 0 Å². The summed E-state index contributed by atoms with van der Waals surface area (Å²) in [6, 6.07) is 6.68. The molecule has 4 heterocycles. The summed E-state index contributed by atoms with van der Waals surface area (Å²) in [6.07, 6.45) is 10.9. The highest BCUT2D eigenvalue weighted by atomic mass is 16.7. The molecule has 3 atom stereocenters. The molecule has 4 N–H and O–H groups in total. The Labute approximate surface area is 245 Å². The Morgan fingerprint density at radius 2 is 2.05 bits per heavy atom. The average molecular weight is 567 g/mol. The normalized spacial score (nSPS) is 25.4. The zero-order valence-corrected chi connectivity index (χ0v) is 25.2. The molecule has 3 aliphatic heterocycles. The Morgan fingerprint density at radius 3 is 2.80 bits per heavy atom. The lowest BCUT2D eigenvalue weighted by atomic mass is 9.73. The molecule has 1 aromatic carbocycles. The third kappa shape index (κ3) is 7.79. The van der Waals surface area contributed by atoms with Crippen LogP contribution < -0.4 is 10.1 Å². The van der Waals surface area contributed by atoms with Gasteiger partial charge >= 0.3 is 0 Å². The van der Waals surface area contributed by atoms with Crippen molar-refractivity contribution in [1.29, 1.82) is 0 Å². The fourth-order valence-electron chi connectivity index (χ4n) is 6.93. The number of hydrogen-bond acceptors (Lipinski definition) is 7. The number of likely N-dealkylation sites (tertiary alicyclic amines) is 1. The van der Waals surface area contributed by atoms with Gasteiger partial charge in [-0.05, 0) is 86.7 Å². The van der Waals surface area contributed by atoms with Crippen molar-refractivity contribution in [1.82, 2.24) is 20.4 Å². The predicted octanol–water partition coefficient (Wildman–Crippen LogP) is 4.54. The minimum absolute atomic E-state index is 0.140. The number of aromatic amines is 1. The second kappa shape index (κ2) is 13.8. The first-order valence-electron chi connectivity index (χ1n) is 15.7. The van der Waals surface area contributed by atoms with Crippen molar-refractivity contribution >= 4 is 6.08 Å². The molecule has 1 spiro atoms. The van der Waals surface area contributed by atoms with Gasteiger partial charge in [0.05, 0.1) is 18.8 Å². The first-order valence-corrected chi connectivity index (χ1v) is 15.7. The van der Waals surface area contributed by atoms with Crippen molar-refractivity contribution in [3.8, 4) is 5.88 Å². The highest BCUT2D eigenvalue weighted by Crippen LogP contribution is 2.38. The first kappa shape index (κ1) is 30.2. The van der Waals surface area contributed by atoms with E-state index in [0.717, 1.165) is 24.2 Å². The fraction of sp³-hybridized carbons (Fsp3) is 0.667. The lowest BCUT2D eigenvalue weighted by molar-refractivity contribution is -0.186. The van der Waals surface area contributed by atoms with Crippen LogP contribution >= 0.6 is 0 Å². The minimum atomic E-state index is -0.637. The van der Waals surface area contributed by atoms with Crippen LogP contribution in [0, 0.1) is 12.3 Å².